The molecule has 2 aromatic carbocycles. The van der Waals surface area contributed by atoms with Gasteiger partial charge in [0.1, 0.15) is 11.5 Å². The number of aromatic nitrogens is 2. The van der Waals surface area contributed by atoms with Crippen molar-refractivity contribution in [2.45, 2.75) is 0 Å². The Labute approximate surface area is 145 Å². The molecule has 0 spiro atoms. The molecule has 0 saturated carbocycles. The monoisotopic (exact) mass is 367 g/mol. The number of nitrogens with one attached hydrogen (secondary N) is 1. The molecule has 0 atom stereocenters. The van der Waals surface area contributed by atoms with Crippen molar-refractivity contribution >= 4 is 34.9 Å². The molecular formula is C16H9Cl2F2N3O. The van der Waals surface area contributed by atoms with Crippen LogP contribution in [0.5, 0.6) is 0 Å². The SMILES string of the molecule is O=C(Nc1ccn(-c2ccc(F)cc2F)n1)c1ccc(Cl)c(Cl)c1. The summed E-state index contributed by atoms with van der Waals surface area (Å²) in [6.45, 7) is 0. The topological polar surface area (TPSA) is 46.9 Å². The van der Waals surface area contributed by atoms with Crippen molar-refractivity contribution in [3.05, 3.63) is 75.9 Å². The fourth-order valence-electron chi connectivity index (χ4n) is 2.02. The number of carbonyl (C=O) groups excluding carboxylic acids is 1. The molecule has 8 heteroatoms. The number of halogens is 4. The first kappa shape index (κ1) is 16.4. The van der Waals surface area contributed by atoms with Crippen LogP contribution in [0, 0.1) is 11.6 Å². The van der Waals surface area contributed by atoms with E-state index in [0.717, 1.165) is 12.1 Å². The van der Waals surface area contributed by atoms with Crippen molar-refractivity contribution in [1.29, 1.82) is 0 Å². The maximum Gasteiger partial charge on any atom is 0.256 e. The van der Waals surface area contributed by atoms with Gasteiger partial charge < -0.3 is 5.32 Å². The normalized spacial score (nSPS) is 10.7. The lowest BCUT2D eigenvalue weighted by Gasteiger charge is -2.05. The molecule has 0 bridgehead atoms. The van der Waals surface area contributed by atoms with Gasteiger partial charge in [-0.1, -0.05) is 23.2 Å². The van der Waals surface area contributed by atoms with Gasteiger partial charge in [0.15, 0.2) is 11.6 Å². The third-order valence-corrected chi connectivity index (χ3v) is 3.91. The van der Waals surface area contributed by atoms with E-state index in [1.807, 2.05) is 0 Å². The van der Waals surface area contributed by atoms with E-state index < -0.39 is 17.5 Å². The van der Waals surface area contributed by atoms with E-state index in [4.69, 9.17) is 23.2 Å². The van der Waals surface area contributed by atoms with Crippen LogP contribution in [-0.2, 0) is 0 Å². The largest absolute Gasteiger partial charge is 0.305 e. The minimum absolute atomic E-state index is 0.0615. The maximum absolute atomic E-state index is 13.7. The number of nitrogens with zero attached hydrogens (tertiary/aromatic N) is 2. The number of rotatable bonds is 3. The van der Waals surface area contributed by atoms with Gasteiger partial charge in [-0.15, -0.1) is 5.10 Å². The number of hydrogen-bond acceptors (Lipinski definition) is 2. The predicted molar refractivity (Wildman–Crippen MR) is 87.9 cm³/mol. The summed E-state index contributed by atoms with van der Waals surface area (Å²) >= 11 is 11.7. The first-order chi connectivity index (χ1) is 11.4. The Bertz CT molecular complexity index is 927. The average Bonchev–Trinajstić information content (AvgIpc) is 2.98. The van der Waals surface area contributed by atoms with E-state index >= 15 is 0 Å². The first-order valence-electron chi connectivity index (χ1n) is 6.71. The van der Waals surface area contributed by atoms with Crippen LogP contribution in [0.25, 0.3) is 5.69 Å². The van der Waals surface area contributed by atoms with Gasteiger partial charge in [0.25, 0.3) is 5.91 Å². The van der Waals surface area contributed by atoms with Gasteiger partial charge in [-0.25, -0.2) is 13.5 Å². The third kappa shape index (κ3) is 3.39. The summed E-state index contributed by atoms with van der Waals surface area (Å²) < 4.78 is 27.9. The zero-order valence-electron chi connectivity index (χ0n) is 11.9. The molecule has 0 fully saturated rings. The van der Waals surface area contributed by atoms with Crippen LogP contribution in [0.3, 0.4) is 0 Å². The predicted octanol–water partition coefficient (Wildman–Crippen LogP) is 4.71. The minimum Gasteiger partial charge on any atom is -0.305 e. The van der Waals surface area contributed by atoms with E-state index in [2.05, 4.69) is 10.4 Å². The Morgan fingerprint density at radius 1 is 1.04 bits per heavy atom. The Balaban J connectivity index is 1.80. The summed E-state index contributed by atoms with van der Waals surface area (Å²) in [5.74, 6) is -1.69. The highest BCUT2D eigenvalue weighted by Gasteiger charge is 2.12. The second kappa shape index (κ2) is 6.59. The Hall–Kier alpha value is -2.44. The molecule has 1 heterocycles. The lowest BCUT2D eigenvalue weighted by atomic mass is 10.2. The van der Waals surface area contributed by atoms with Gasteiger partial charge in [0.2, 0.25) is 0 Å². The molecule has 122 valence electrons. The fraction of sp³-hybridized carbons (Fsp3) is 0. The smallest absolute Gasteiger partial charge is 0.256 e. The standard InChI is InChI=1S/C16H9Cl2F2N3O/c17-11-3-1-9(7-12(11)18)16(24)21-15-5-6-23(22-15)14-4-2-10(19)8-13(14)20/h1-8H,(H,21,22,24). The van der Waals surface area contributed by atoms with Gasteiger partial charge >= 0.3 is 0 Å². The third-order valence-electron chi connectivity index (χ3n) is 3.17. The van der Waals surface area contributed by atoms with Crippen molar-refractivity contribution in [3.8, 4) is 5.69 Å². The van der Waals surface area contributed by atoms with Crippen LogP contribution >= 0.6 is 23.2 Å². The van der Waals surface area contributed by atoms with Crippen molar-refractivity contribution in [2.75, 3.05) is 5.32 Å². The van der Waals surface area contributed by atoms with Crippen molar-refractivity contribution in [1.82, 2.24) is 9.78 Å². The summed E-state index contributed by atoms with van der Waals surface area (Å²) in [6, 6.07) is 9.06. The number of carbonyl (C=O) groups is 1. The summed E-state index contributed by atoms with van der Waals surface area (Å²) in [5, 5.41) is 7.19. The zero-order valence-corrected chi connectivity index (χ0v) is 13.4. The Kier molecular flexibility index (Phi) is 4.51. The molecule has 1 aromatic heterocycles. The summed E-state index contributed by atoms with van der Waals surface area (Å²) in [6.07, 6.45) is 1.45. The van der Waals surface area contributed by atoms with Gasteiger partial charge in [0.05, 0.1) is 10.0 Å². The summed E-state index contributed by atoms with van der Waals surface area (Å²) in [7, 11) is 0. The molecule has 4 nitrogen and oxygen atoms in total. The van der Waals surface area contributed by atoms with Crippen LogP contribution in [0.2, 0.25) is 10.0 Å². The van der Waals surface area contributed by atoms with Gasteiger partial charge in [-0.3, -0.25) is 4.79 Å². The van der Waals surface area contributed by atoms with Crippen LogP contribution in [0.1, 0.15) is 10.4 Å². The van der Waals surface area contributed by atoms with E-state index in [1.165, 1.54) is 41.2 Å². The quantitative estimate of drug-likeness (QED) is 0.728. The van der Waals surface area contributed by atoms with E-state index in [-0.39, 0.29) is 16.5 Å². The number of amides is 1. The van der Waals surface area contributed by atoms with Gasteiger partial charge in [-0.05, 0) is 30.3 Å². The molecule has 0 aliphatic rings. The molecule has 0 unspecified atom stereocenters. The molecule has 24 heavy (non-hydrogen) atoms. The van der Waals surface area contributed by atoms with Crippen LogP contribution in [-0.4, -0.2) is 15.7 Å². The Morgan fingerprint density at radius 2 is 1.83 bits per heavy atom. The highest BCUT2D eigenvalue weighted by atomic mass is 35.5. The summed E-state index contributed by atoms with van der Waals surface area (Å²) in [4.78, 5) is 12.1. The molecular weight excluding hydrogens is 359 g/mol. The van der Waals surface area contributed by atoms with Crippen molar-refractivity contribution < 1.29 is 13.6 Å². The molecule has 1 N–H and O–H groups in total. The second-order valence-corrected chi connectivity index (χ2v) is 5.64. The first-order valence-corrected chi connectivity index (χ1v) is 7.47. The number of benzene rings is 2. The van der Waals surface area contributed by atoms with Gasteiger partial charge in [-0.2, -0.15) is 0 Å². The Morgan fingerprint density at radius 3 is 2.54 bits per heavy atom. The molecule has 0 aliphatic heterocycles. The van der Waals surface area contributed by atoms with Crippen LogP contribution in [0.4, 0.5) is 14.6 Å². The average molecular weight is 368 g/mol. The summed E-state index contributed by atoms with van der Waals surface area (Å²) in [5.41, 5.74) is 0.360. The highest BCUT2D eigenvalue weighted by Crippen LogP contribution is 2.23. The fourth-order valence-corrected chi connectivity index (χ4v) is 2.32. The van der Waals surface area contributed by atoms with E-state index in [0.29, 0.717) is 10.6 Å². The minimum atomic E-state index is -0.763. The molecule has 1 amide bonds. The zero-order chi connectivity index (χ0) is 17.3. The van der Waals surface area contributed by atoms with Gasteiger partial charge in [0, 0.05) is 23.9 Å². The number of hydrogen-bond donors (Lipinski definition) is 1. The highest BCUT2D eigenvalue weighted by molar-refractivity contribution is 6.42. The molecule has 0 saturated heterocycles. The molecule has 3 rings (SSSR count). The lowest BCUT2D eigenvalue weighted by Crippen LogP contribution is -2.12. The second-order valence-electron chi connectivity index (χ2n) is 4.82. The molecule has 3 aromatic rings. The van der Waals surface area contributed by atoms with Crippen molar-refractivity contribution in [2.24, 2.45) is 0 Å². The van der Waals surface area contributed by atoms with Crippen LogP contribution < -0.4 is 5.32 Å². The van der Waals surface area contributed by atoms with Crippen molar-refractivity contribution in [3.63, 3.8) is 0 Å². The van der Waals surface area contributed by atoms with E-state index in [1.54, 1.807) is 0 Å². The van der Waals surface area contributed by atoms with E-state index in [9.17, 15) is 13.6 Å². The molecule has 0 radical (unpaired) electrons. The number of anilines is 1. The maximum atomic E-state index is 13.7. The lowest BCUT2D eigenvalue weighted by molar-refractivity contribution is 0.102. The molecule has 0 aliphatic carbocycles. The van der Waals surface area contributed by atoms with Crippen LogP contribution in [0.15, 0.2) is 48.7 Å².